The minimum absolute atomic E-state index is 0.197. The predicted octanol–water partition coefficient (Wildman–Crippen LogP) is 1.58. The van der Waals surface area contributed by atoms with E-state index in [-0.39, 0.29) is 5.92 Å². The first-order chi connectivity index (χ1) is 12.4. The van der Waals surface area contributed by atoms with Crippen molar-refractivity contribution < 1.29 is 8.42 Å². The molecule has 150 valence electrons. The number of piperazine rings is 1. The standard InChI is InChI=1S/C19H36N4O2S/c1-16(2)14-22-8-10-23(11-9-22)19(21-18-5-3-4-6-18)20-13-17-7-12-26(24,25)15-17/h16-18H,3-15H2,1-2H3,(H,20,21). The number of nitrogens with one attached hydrogen (secondary N) is 1. The smallest absolute Gasteiger partial charge is 0.194 e. The van der Waals surface area contributed by atoms with Crippen molar-refractivity contribution >= 4 is 15.8 Å². The van der Waals surface area contributed by atoms with E-state index >= 15 is 0 Å². The van der Waals surface area contributed by atoms with Crippen LogP contribution in [0.2, 0.25) is 0 Å². The molecule has 26 heavy (non-hydrogen) atoms. The van der Waals surface area contributed by atoms with E-state index in [9.17, 15) is 8.42 Å². The van der Waals surface area contributed by atoms with Crippen molar-refractivity contribution in [2.24, 2.45) is 16.8 Å². The third-order valence-corrected chi connectivity index (χ3v) is 7.65. The lowest BCUT2D eigenvalue weighted by Crippen LogP contribution is -2.54. The summed E-state index contributed by atoms with van der Waals surface area (Å²) >= 11 is 0. The third-order valence-electron chi connectivity index (χ3n) is 5.81. The number of guanidine groups is 1. The van der Waals surface area contributed by atoms with Gasteiger partial charge in [0.15, 0.2) is 15.8 Å². The zero-order valence-corrected chi connectivity index (χ0v) is 17.3. The van der Waals surface area contributed by atoms with Crippen LogP contribution in [0.1, 0.15) is 46.0 Å². The van der Waals surface area contributed by atoms with Gasteiger partial charge in [-0.3, -0.25) is 9.89 Å². The molecule has 6 nitrogen and oxygen atoms in total. The van der Waals surface area contributed by atoms with Gasteiger partial charge >= 0.3 is 0 Å². The van der Waals surface area contributed by atoms with Gasteiger partial charge in [-0.05, 0) is 31.1 Å². The van der Waals surface area contributed by atoms with Crippen molar-refractivity contribution in [2.45, 2.75) is 52.0 Å². The van der Waals surface area contributed by atoms with Crippen molar-refractivity contribution in [3.05, 3.63) is 0 Å². The fraction of sp³-hybridized carbons (Fsp3) is 0.947. The Morgan fingerprint density at radius 2 is 1.81 bits per heavy atom. The topological polar surface area (TPSA) is 65.0 Å². The second-order valence-electron chi connectivity index (χ2n) is 8.74. The lowest BCUT2D eigenvalue weighted by Gasteiger charge is -2.38. The van der Waals surface area contributed by atoms with Gasteiger partial charge < -0.3 is 10.2 Å². The van der Waals surface area contributed by atoms with Crippen molar-refractivity contribution in [1.82, 2.24) is 15.1 Å². The summed E-state index contributed by atoms with van der Waals surface area (Å²) in [7, 11) is -2.82. The molecule has 3 rings (SSSR count). The molecular formula is C19H36N4O2S. The van der Waals surface area contributed by atoms with Gasteiger partial charge in [-0.25, -0.2) is 8.42 Å². The van der Waals surface area contributed by atoms with Gasteiger partial charge in [0, 0.05) is 45.3 Å². The first-order valence-electron chi connectivity index (χ1n) is 10.4. The molecule has 0 aromatic heterocycles. The van der Waals surface area contributed by atoms with Crippen LogP contribution in [0.15, 0.2) is 4.99 Å². The Hall–Kier alpha value is -0.820. The first kappa shape index (κ1) is 19.9. The summed E-state index contributed by atoms with van der Waals surface area (Å²) < 4.78 is 23.4. The Kier molecular flexibility index (Phi) is 6.83. The van der Waals surface area contributed by atoms with E-state index < -0.39 is 9.84 Å². The zero-order valence-electron chi connectivity index (χ0n) is 16.5. The molecule has 0 aromatic rings. The minimum atomic E-state index is -2.82. The molecule has 0 radical (unpaired) electrons. The van der Waals surface area contributed by atoms with E-state index in [0.717, 1.165) is 45.1 Å². The molecule has 1 atom stereocenters. The highest BCUT2D eigenvalue weighted by atomic mass is 32.2. The van der Waals surface area contributed by atoms with Crippen LogP contribution in [0.4, 0.5) is 0 Å². The van der Waals surface area contributed by atoms with E-state index in [0.29, 0.717) is 30.0 Å². The summed E-state index contributed by atoms with van der Waals surface area (Å²) in [5, 5.41) is 3.69. The number of hydrogen-bond donors (Lipinski definition) is 1. The van der Waals surface area contributed by atoms with Gasteiger partial charge in [0.25, 0.3) is 0 Å². The van der Waals surface area contributed by atoms with Crippen molar-refractivity contribution in [3.8, 4) is 0 Å². The zero-order chi connectivity index (χ0) is 18.6. The fourth-order valence-corrected chi connectivity index (χ4v) is 6.23. The van der Waals surface area contributed by atoms with E-state index in [1.807, 2.05) is 0 Å². The van der Waals surface area contributed by atoms with Crippen LogP contribution < -0.4 is 5.32 Å². The summed E-state index contributed by atoms with van der Waals surface area (Å²) in [4.78, 5) is 9.82. The van der Waals surface area contributed by atoms with Crippen molar-refractivity contribution in [1.29, 1.82) is 0 Å². The van der Waals surface area contributed by atoms with Crippen LogP contribution in [-0.4, -0.2) is 81.0 Å². The van der Waals surface area contributed by atoms with E-state index in [2.05, 4.69) is 29.0 Å². The molecule has 3 fully saturated rings. The highest BCUT2D eigenvalue weighted by Gasteiger charge is 2.29. The molecule has 0 spiro atoms. The second kappa shape index (κ2) is 8.91. The van der Waals surface area contributed by atoms with Gasteiger partial charge in [-0.2, -0.15) is 0 Å². The van der Waals surface area contributed by atoms with Crippen LogP contribution in [0, 0.1) is 11.8 Å². The Morgan fingerprint density at radius 1 is 1.12 bits per heavy atom. The average molecular weight is 385 g/mol. The summed E-state index contributed by atoms with van der Waals surface area (Å²) in [6, 6.07) is 0.537. The molecule has 2 heterocycles. The highest BCUT2D eigenvalue weighted by Crippen LogP contribution is 2.20. The lowest BCUT2D eigenvalue weighted by atomic mass is 10.1. The Labute approximate surface area is 159 Å². The van der Waals surface area contributed by atoms with Crippen LogP contribution >= 0.6 is 0 Å². The maximum absolute atomic E-state index is 11.7. The number of aliphatic imine (C=N–C) groups is 1. The summed E-state index contributed by atoms with van der Waals surface area (Å²) in [5.41, 5.74) is 0. The molecular weight excluding hydrogens is 348 g/mol. The monoisotopic (exact) mass is 384 g/mol. The molecule has 0 aromatic carbocycles. The van der Waals surface area contributed by atoms with Gasteiger partial charge in [0.2, 0.25) is 0 Å². The van der Waals surface area contributed by atoms with Crippen LogP contribution in [0.3, 0.4) is 0 Å². The van der Waals surface area contributed by atoms with Gasteiger partial charge in [-0.15, -0.1) is 0 Å². The maximum Gasteiger partial charge on any atom is 0.194 e. The SMILES string of the molecule is CC(C)CN1CCN(C(=NCC2CCS(=O)(=O)C2)NC2CCCC2)CC1. The molecule has 0 amide bonds. The van der Waals surface area contributed by atoms with Gasteiger partial charge in [0.1, 0.15) is 0 Å². The molecule has 7 heteroatoms. The molecule has 1 N–H and O–H groups in total. The van der Waals surface area contributed by atoms with E-state index in [1.54, 1.807) is 0 Å². The van der Waals surface area contributed by atoms with Crippen molar-refractivity contribution in [2.75, 3.05) is 50.8 Å². The van der Waals surface area contributed by atoms with Gasteiger partial charge in [0.05, 0.1) is 11.5 Å². The number of nitrogens with zero attached hydrogens (tertiary/aromatic N) is 3. The molecule has 0 bridgehead atoms. The van der Waals surface area contributed by atoms with Gasteiger partial charge in [-0.1, -0.05) is 26.7 Å². The predicted molar refractivity (Wildman–Crippen MR) is 107 cm³/mol. The first-order valence-corrected chi connectivity index (χ1v) is 12.2. The van der Waals surface area contributed by atoms with E-state index in [1.165, 1.54) is 25.7 Å². The molecule has 1 unspecified atom stereocenters. The fourth-order valence-electron chi connectivity index (χ4n) is 4.38. The Bertz CT molecular complexity index is 576. The quantitative estimate of drug-likeness (QED) is 0.576. The molecule has 1 saturated carbocycles. The maximum atomic E-state index is 11.7. The van der Waals surface area contributed by atoms with Crippen LogP contribution in [-0.2, 0) is 9.84 Å². The molecule has 1 aliphatic carbocycles. The Balaban J connectivity index is 1.59. The molecule has 2 saturated heterocycles. The lowest BCUT2D eigenvalue weighted by molar-refractivity contribution is 0.163. The highest BCUT2D eigenvalue weighted by molar-refractivity contribution is 7.91. The number of hydrogen-bond acceptors (Lipinski definition) is 4. The Morgan fingerprint density at radius 3 is 2.38 bits per heavy atom. The second-order valence-corrected chi connectivity index (χ2v) is 11.0. The van der Waals surface area contributed by atoms with Crippen LogP contribution in [0.25, 0.3) is 0 Å². The molecule has 2 aliphatic heterocycles. The van der Waals surface area contributed by atoms with Crippen LogP contribution in [0.5, 0.6) is 0 Å². The minimum Gasteiger partial charge on any atom is -0.354 e. The largest absolute Gasteiger partial charge is 0.354 e. The van der Waals surface area contributed by atoms with Crippen molar-refractivity contribution in [3.63, 3.8) is 0 Å². The summed E-state index contributed by atoms with van der Waals surface area (Å²) in [5.74, 6) is 2.57. The third kappa shape index (κ3) is 5.84. The normalized spacial score (nSPS) is 28.2. The molecule has 3 aliphatic rings. The number of sulfone groups is 1. The summed E-state index contributed by atoms with van der Waals surface area (Å²) in [6.07, 6.45) is 5.82. The average Bonchev–Trinajstić information content (AvgIpc) is 3.21. The summed E-state index contributed by atoms with van der Waals surface area (Å²) in [6.45, 7) is 10.5. The van der Waals surface area contributed by atoms with E-state index in [4.69, 9.17) is 4.99 Å². The number of rotatable bonds is 5.